The van der Waals surface area contributed by atoms with Gasteiger partial charge < -0.3 is 9.40 Å². The molecule has 164 valence electrons. The number of carbonyl (C=O) groups excluding carboxylic acids is 3. The third kappa shape index (κ3) is 4.10. The van der Waals surface area contributed by atoms with Crippen LogP contribution in [0.5, 0.6) is 0 Å². The Bertz CT molecular complexity index is 1370. The lowest BCUT2D eigenvalue weighted by atomic mass is 10.1. The summed E-state index contributed by atoms with van der Waals surface area (Å²) in [5.41, 5.74) is 3.07. The number of imidazole rings is 1. The first-order valence-corrected chi connectivity index (χ1v) is 11.4. The standard InChI is InChI=1S/C24H16ClN3O4S/c25-16-10-11-20-19(12-16)26-24(27(20)13-15-6-2-1-3-7-15)33-14-21(29)32-28-22(30)17-8-4-5-9-18(17)23(28)31/h1-12H,13-14H2. The number of hydrogen-bond donors (Lipinski definition) is 0. The minimum absolute atomic E-state index is 0.140. The van der Waals surface area contributed by atoms with E-state index >= 15 is 0 Å². The largest absolute Gasteiger partial charge is 0.343 e. The summed E-state index contributed by atoms with van der Waals surface area (Å²) in [4.78, 5) is 47.1. The lowest BCUT2D eigenvalue weighted by Gasteiger charge is -2.13. The topological polar surface area (TPSA) is 81.5 Å². The van der Waals surface area contributed by atoms with Crippen LogP contribution in [0.4, 0.5) is 0 Å². The molecular weight excluding hydrogens is 462 g/mol. The minimum atomic E-state index is -0.731. The average Bonchev–Trinajstić information content (AvgIpc) is 3.28. The van der Waals surface area contributed by atoms with Gasteiger partial charge in [0, 0.05) is 5.02 Å². The van der Waals surface area contributed by atoms with Crippen LogP contribution in [-0.2, 0) is 16.2 Å². The van der Waals surface area contributed by atoms with E-state index in [-0.39, 0.29) is 16.9 Å². The number of amides is 2. The van der Waals surface area contributed by atoms with Crippen molar-refractivity contribution in [2.75, 3.05) is 5.75 Å². The zero-order valence-corrected chi connectivity index (χ0v) is 18.7. The lowest BCUT2D eigenvalue weighted by molar-refractivity contribution is -0.165. The predicted molar refractivity (Wildman–Crippen MR) is 124 cm³/mol. The molecule has 0 atom stereocenters. The van der Waals surface area contributed by atoms with Gasteiger partial charge in [-0.05, 0) is 35.9 Å². The first-order valence-electron chi connectivity index (χ1n) is 10.0. The van der Waals surface area contributed by atoms with Gasteiger partial charge in [-0.2, -0.15) is 0 Å². The van der Waals surface area contributed by atoms with Crippen LogP contribution in [0.1, 0.15) is 26.3 Å². The molecule has 4 aromatic rings. The molecule has 0 aliphatic carbocycles. The van der Waals surface area contributed by atoms with E-state index in [4.69, 9.17) is 16.4 Å². The Morgan fingerprint density at radius 2 is 1.61 bits per heavy atom. The molecule has 7 nitrogen and oxygen atoms in total. The van der Waals surface area contributed by atoms with Gasteiger partial charge >= 0.3 is 5.97 Å². The van der Waals surface area contributed by atoms with E-state index in [9.17, 15) is 14.4 Å². The van der Waals surface area contributed by atoms with E-state index in [0.717, 1.165) is 22.8 Å². The Morgan fingerprint density at radius 3 is 2.30 bits per heavy atom. The molecule has 1 aliphatic heterocycles. The number of hydroxylamine groups is 2. The summed E-state index contributed by atoms with van der Waals surface area (Å²) in [7, 11) is 0. The van der Waals surface area contributed by atoms with Gasteiger partial charge in [-0.1, -0.05) is 70.9 Å². The van der Waals surface area contributed by atoms with Gasteiger partial charge in [-0.25, -0.2) is 9.78 Å². The van der Waals surface area contributed by atoms with E-state index in [1.54, 1.807) is 24.3 Å². The molecule has 0 unspecified atom stereocenters. The van der Waals surface area contributed by atoms with Crippen molar-refractivity contribution in [3.05, 3.63) is 94.5 Å². The van der Waals surface area contributed by atoms with Gasteiger partial charge in [0.25, 0.3) is 11.8 Å². The van der Waals surface area contributed by atoms with Crippen molar-refractivity contribution >= 4 is 52.2 Å². The molecule has 0 saturated heterocycles. The van der Waals surface area contributed by atoms with Crippen molar-refractivity contribution in [3.8, 4) is 0 Å². The molecule has 9 heteroatoms. The van der Waals surface area contributed by atoms with Crippen LogP contribution in [0, 0.1) is 0 Å². The Labute approximate surface area is 197 Å². The Morgan fingerprint density at radius 1 is 0.939 bits per heavy atom. The quantitative estimate of drug-likeness (QED) is 0.298. The van der Waals surface area contributed by atoms with Crippen LogP contribution < -0.4 is 0 Å². The first-order chi connectivity index (χ1) is 16.0. The second-order valence-electron chi connectivity index (χ2n) is 7.30. The van der Waals surface area contributed by atoms with E-state index in [0.29, 0.717) is 27.3 Å². The predicted octanol–water partition coefficient (Wildman–Crippen LogP) is 4.58. The van der Waals surface area contributed by atoms with Crippen LogP contribution in [-0.4, -0.2) is 38.2 Å². The number of rotatable bonds is 6. The molecule has 0 fully saturated rings. The minimum Gasteiger partial charge on any atom is -0.329 e. The van der Waals surface area contributed by atoms with Crippen molar-refractivity contribution in [2.45, 2.75) is 11.7 Å². The summed E-state index contributed by atoms with van der Waals surface area (Å²) in [6.45, 7) is 0.550. The average molecular weight is 478 g/mol. The maximum atomic E-state index is 12.5. The van der Waals surface area contributed by atoms with E-state index in [2.05, 4.69) is 4.98 Å². The van der Waals surface area contributed by atoms with Crippen LogP contribution in [0.25, 0.3) is 11.0 Å². The number of halogens is 1. The lowest BCUT2D eigenvalue weighted by Crippen LogP contribution is -2.33. The third-order valence-electron chi connectivity index (χ3n) is 5.13. The summed E-state index contributed by atoms with van der Waals surface area (Å²) in [5, 5.41) is 1.67. The summed E-state index contributed by atoms with van der Waals surface area (Å²) >= 11 is 7.29. The SMILES string of the molecule is O=C(CSc1nc2cc(Cl)ccc2n1Cc1ccccc1)ON1C(=O)c2ccccc2C1=O. The normalized spacial score (nSPS) is 12.9. The zero-order chi connectivity index (χ0) is 22.9. The molecule has 2 heterocycles. The Kier molecular flexibility index (Phi) is 5.62. The monoisotopic (exact) mass is 477 g/mol. The maximum absolute atomic E-state index is 12.5. The molecule has 5 rings (SSSR count). The second-order valence-corrected chi connectivity index (χ2v) is 8.68. The van der Waals surface area contributed by atoms with Crippen molar-refractivity contribution in [3.63, 3.8) is 0 Å². The number of imide groups is 1. The summed E-state index contributed by atoms with van der Waals surface area (Å²) in [6.07, 6.45) is 0. The number of carbonyl (C=O) groups is 3. The van der Waals surface area contributed by atoms with E-state index in [1.807, 2.05) is 41.0 Å². The van der Waals surface area contributed by atoms with Gasteiger partial charge in [0.05, 0.1) is 28.7 Å². The molecule has 33 heavy (non-hydrogen) atoms. The van der Waals surface area contributed by atoms with Crippen molar-refractivity contribution in [1.29, 1.82) is 0 Å². The van der Waals surface area contributed by atoms with E-state index in [1.165, 1.54) is 12.1 Å². The number of fused-ring (bicyclic) bond motifs is 2. The highest BCUT2D eigenvalue weighted by Gasteiger charge is 2.38. The zero-order valence-electron chi connectivity index (χ0n) is 17.1. The first kappa shape index (κ1) is 21.2. The smallest absolute Gasteiger partial charge is 0.329 e. The molecule has 0 bridgehead atoms. The van der Waals surface area contributed by atoms with Gasteiger partial charge in [0.15, 0.2) is 5.16 Å². The summed E-state index contributed by atoms with van der Waals surface area (Å²) in [5.74, 6) is -2.18. The third-order valence-corrected chi connectivity index (χ3v) is 6.31. The van der Waals surface area contributed by atoms with Gasteiger partial charge in [0.1, 0.15) is 5.75 Å². The van der Waals surface area contributed by atoms with E-state index < -0.39 is 17.8 Å². The molecule has 0 radical (unpaired) electrons. The fraction of sp³-hybridized carbons (Fsp3) is 0.0833. The highest BCUT2D eigenvalue weighted by atomic mass is 35.5. The van der Waals surface area contributed by atoms with Gasteiger partial charge in [-0.15, -0.1) is 0 Å². The fourth-order valence-electron chi connectivity index (χ4n) is 3.61. The molecule has 0 spiro atoms. The molecule has 0 N–H and O–H groups in total. The van der Waals surface area contributed by atoms with Crippen LogP contribution >= 0.6 is 23.4 Å². The Balaban J connectivity index is 1.34. The number of thioether (sulfide) groups is 1. The number of nitrogens with zero attached hydrogens (tertiary/aromatic N) is 3. The fourth-order valence-corrected chi connectivity index (χ4v) is 4.56. The molecule has 3 aromatic carbocycles. The molecule has 2 amide bonds. The van der Waals surface area contributed by atoms with Gasteiger partial charge in [-0.3, -0.25) is 9.59 Å². The van der Waals surface area contributed by atoms with Crippen molar-refractivity contribution in [2.24, 2.45) is 0 Å². The number of benzene rings is 3. The molecule has 0 saturated carbocycles. The van der Waals surface area contributed by atoms with Crippen molar-refractivity contribution in [1.82, 2.24) is 14.6 Å². The molecular formula is C24H16ClN3O4S. The van der Waals surface area contributed by atoms with Crippen LogP contribution in [0.15, 0.2) is 78.0 Å². The van der Waals surface area contributed by atoms with Crippen LogP contribution in [0.3, 0.4) is 0 Å². The highest BCUT2D eigenvalue weighted by molar-refractivity contribution is 7.99. The van der Waals surface area contributed by atoms with Crippen LogP contribution in [0.2, 0.25) is 5.02 Å². The molecule has 1 aliphatic rings. The van der Waals surface area contributed by atoms with Crippen molar-refractivity contribution < 1.29 is 19.2 Å². The number of hydrogen-bond acceptors (Lipinski definition) is 6. The second kappa shape index (κ2) is 8.73. The maximum Gasteiger partial charge on any atom is 0.343 e. The van der Waals surface area contributed by atoms with Gasteiger partial charge in [0.2, 0.25) is 0 Å². The summed E-state index contributed by atoms with van der Waals surface area (Å²) < 4.78 is 1.99. The summed E-state index contributed by atoms with van der Waals surface area (Å²) in [6, 6.07) is 21.6. The highest BCUT2D eigenvalue weighted by Crippen LogP contribution is 2.28. The Hall–Kier alpha value is -3.62. The number of aromatic nitrogens is 2. The molecule has 1 aromatic heterocycles.